The lowest BCUT2D eigenvalue weighted by Crippen LogP contribution is -2.44. The predicted octanol–water partition coefficient (Wildman–Crippen LogP) is 2.68. The van der Waals surface area contributed by atoms with Crippen LogP contribution < -0.4 is 10.2 Å². The highest BCUT2D eigenvalue weighted by Crippen LogP contribution is 2.34. The van der Waals surface area contributed by atoms with Gasteiger partial charge in [-0.1, -0.05) is 25.1 Å². The van der Waals surface area contributed by atoms with E-state index < -0.39 is 22.1 Å². The van der Waals surface area contributed by atoms with Gasteiger partial charge in [-0.25, -0.2) is 8.42 Å². The Morgan fingerprint density at radius 2 is 1.69 bits per heavy atom. The Labute approximate surface area is 230 Å². The number of nitrogens with one attached hydrogen (secondary N) is 1. The van der Waals surface area contributed by atoms with E-state index in [4.69, 9.17) is 0 Å². The molecule has 2 aromatic rings. The molecule has 3 atom stereocenters. The number of nitrogens with zero attached hydrogens (tertiary/aromatic N) is 3. The molecule has 0 aliphatic carbocycles. The molecule has 10 heteroatoms. The molecule has 3 aliphatic heterocycles. The van der Waals surface area contributed by atoms with E-state index in [1.807, 2.05) is 31.2 Å². The molecule has 3 saturated heterocycles. The lowest BCUT2D eigenvalue weighted by atomic mass is 10.0. The Bertz CT molecular complexity index is 1310. The second kappa shape index (κ2) is 11.5. The Hall–Kier alpha value is -3.24. The molecule has 208 valence electrons. The van der Waals surface area contributed by atoms with Crippen molar-refractivity contribution in [1.29, 1.82) is 0 Å². The largest absolute Gasteiger partial charge is 0.372 e. The van der Waals surface area contributed by atoms with Crippen LogP contribution in [0.15, 0.2) is 59.5 Å². The van der Waals surface area contributed by atoms with Gasteiger partial charge in [0.1, 0.15) is 6.04 Å². The predicted molar refractivity (Wildman–Crippen MR) is 148 cm³/mol. The lowest BCUT2D eigenvalue weighted by molar-refractivity contribution is -0.137. The first-order chi connectivity index (χ1) is 18.8. The van der Waals surface area contributed by atoms with Crippen molar-refractivity contribution < 1.29 is 22.8 Å². The lowest BCUT2D eigenvalue weighted by Gasteiger charge is -2.25. The van der Waals surface area contributed by atoms with Crippen molar-refractivity contribution >= 4 is 33.3 Å². The molecule has 3 fully saturated rings. The third-order valence-electron chi connectivity index (χ3n) is 8.09. The minimum absolute atomic E-state index is 0.00458. The van der Waals surface area contributed by atoms with Crippen molar-refractivity contribution in [3.05, 3.63) is 60.2 Å². The molecule has 0 radical (unpaired) electrons. The zero-order valence-corrected chi connectivity index (χ0v) is 23.1. The number of sulfonamides is 1. The molecular weight excluding hydrogens is 516 g/mol. The van der Waals surface area contributed by atoms with Gasteiger partial charge in [-0.3, -0.25) is 14.4 Å². The first-order valence-corrected chi connectivity index (χ1v) is 15.2. The number of anilines is 1. The van der Waals surface area contributed by atoms with Crippen LogP contribution in [0.4, 0.5) is 5.69 Å². The maximum atomic E-state index is 13.2. The number of carbonyl (C=O) groups excluding carboxylic acids is 3. The molecule has 0 aromatic heterocycles. The Kier molecular flexibility index (Phi) is 8.04. The summed E-state index contributed by atoms with van der Waals surface area (Å²) in [5.74, 6) is -0.526. The van der Waals surface area contributed by atoms with Crippen LogP contribution in [-0.4, -0.2) is 80.0 Å². The highest BCUT2D eigenvalue weighted by atomic mass is 32.2. The summed E-state index contributed by atoms with van der Waals surface area (Å²) >= 11 is 0. The summed E-state index contributed by atoms with van der Waals surface area (Å²) in [4.78, 5) is 42.6. The van der Waals surface area contributed by atoms with Crippen LogP contribution in [0.3, 0.4) is 0 Å². The summed E-state index contributed by atoms with van der Waals surface area (Å²) in [5, 5.41) is 2.94. The van der Waals surface area contributed by atoms with Crippen molar-refractivity contribution in [3.63, 3.8) is 0 Å². The van der Waals surface area contributed by atoms with E-state index in [0.29, 0.717) is 31.5 Å². The average molecular weight is 553 g/mol. The average Bonchev–Trinajstić information content (AvgIpc) is 3.68. The molecule has 5 rings (SSSR count). The third-order valence-corrected chi connectivity index (χ3v) is 9.98. The highest BCUT2D eigenvalue weighted by Gasteiger charge is 2.53. The number of ketones is 1. The molecule has 0 bridgehead atoms. The normalized spacial score (nSPS) is 22.2. The standard InChI is InChI=1S/C29H36N4O5S/c1-21(13-15-30-29(36)22-9-11-23(12-10-22)31-16-5-6-17-31)19-27(35)32-18-14-25-28(32)26(34)20-33(25)39(37,38)24-7-3-2-4-8-24/h2-4,7-12,21,25,28H,5-6,13-20H2,1H3,(H,30,36). The number of hydrogen-bond acceptors (Lipinski definition) is 6. The van der Waals surface area contributed by atoms with Gasteiger partial charge in [0.15, 0.2) is 5.78 Å². The fraction of sp³-hybridized carbons (Fsp3) is 0.483. The van der Waals surface area contributed by atoms with Crippen LogP contribution in [0.25, 0.3) is 0 Å². The second-order valence-corrected chi connectivity index (χ2v) is 12.7. The van der Waals surface area contributed by atoms with Crippen molar-refractivity contribution in [1.82, 2.24) is 14.5 Å². The zero-order valence-electron chi connectivity index (χ0n) is 22.3. The summed E-state index contributed by atoms with van der Waals surface area (Å²) < 4.78 is 27.6. The number of fused-ring (bicyclic) bond motifs is 1. The van der Waals surface area contributed by atoms with Crippen LogP contribution >= 0.6 is 0 Å². The summed E-state index contributed by atoms with van der Waals surface area (Å²) in [7, 11) is -3.82. The molecule has 3 aliphatic rings. The van der Waals surface area contributed by atoms with E-state index in [0.717, 1.165) is 18.8 Å². The van der Waals surface area contributed by atoms with Gasteiger partial charge in [0, 0.05) is 43.9 Å². The van der Waals surface area contributed by atoms with Crippen LogP contribution in [0.1, 0.15) is 49.4 Å². The van der Waals surface area contributed by atoms with E-state index in [2.05, 4.69) is 10.2 Å². The van der Waals surface area contributed by atoms with Gasteiger partial charge in [0.05, 0.1) is 17.5 Å². The van der Waals surface area contributed by atoms with E-state index in [-0.39, 0.29) is 41.4 Å². The van der Waals surface area contributed by atoms with Crippen LogP contribution in [0.2, 0.25) is 0 Å². The van der Waals surface area contributed by atoms with E-state index in [1.54, 1.807) is 23.1 Å². The molecule has 3 unspecified atom stereocenters. The number of carbonyl (C=O) groups is 3. The number of benzene rings is 2. The minimum Gasteiger partial charge on any atom is -0.372 e. The van der Waals surface area contributed by atoms with Gasteiger partial charge in [-0.05, 0) is 68.0 Å². The molecule has 3 heterocycles. The molecular formula is C29H36N4O5S. The van der Waals surface area contributed by atoms with Crippen LogP contribution in [0, 0.1) is 5.92 Å². The van der Waals surface area contributed by atoms with E-state index in [1.165, 1.54) is 29.3 Å². The smallest absolute Gasteiger partial charge is 0.251 e. The Morgan fingerprint density at radius 3 is 2.38 bits per heavy atom. The second-order valence-electron chi connectivity index (χ2n) is 10.8. The number of rotatable bonds is 9. The molecule has 1 N–H and O–H groups in total. The van der Waals surface area contributed by atoms with Gasteiger partial charge in [0.25, 0.3) is 5.91 Å². The van der Waals surface area contributed by atoms with E-state index >= 15 is 0 Å². The highest BCUT2D eigenvalue weighted by molar-refractivity contribution is 7.89. The van der Waals surface area contributed by atoms with Crippen molar-refractivity contribution in [3.8, 4) is 0 Å². The van der Waals surface area contributed by atoms with Gasteiger partial charge in [0.2, 0.25) is 15.9 Å². The monoisotopic (exact) mass is 552 g/mol. The molecule has 2 aromatic carbocycles. The number of Topliss-reactive ketones (excluding diaryl/α,β-unsaturated/α-hetero) is 1. The van der Waals surface area contributed by atoms with E-state index in [9.17, 15) is 22.8 Å². The summed E-state index contributed by atoms with van der Waals surface area (Å²) in [5.41, 5.74) is 1.75. The maximum Gasteiger partial charge on any atom is 0.251 e. The summed E-state index contributed by atoms with van der Waals surface area (Å²) in [6.45, 7) is 4.65. The van der Waals surface area contributed by atoms with Gasteiger partial charge in [-0.15, -0.1) is 0 Å². The summed E-state index contributed by atoms with van der Waals surface area (Å²) in [6, 6.07) is 14.5. The third kappa shape index (κ3) is 5.72. The first-order valence-electron chi connectivity index (χ1n) is 13.8. The number of likely N-dealkylation sites (tertiary alicyclic amines) is 1. The first kappa shape index (κ1) is 27.3. The Morgan fingerprint density at radius 1 is 1.00 bits per heavy atom. The van der Waals surface area contributed by atoms with Gasteiger partial charge in [-0.2, -0.15) is 4.31 Å². The Balaban J connectivity index is 1.11. The molecule has 9 nitrogen and oxygen atoms in total. The van der Waals surface area contributed by atoms with Gasteiger partial charge >= 0.3 is 0 Å². The fourth-order valence-electron chi connectivity index (χ4n) is 5.95. The number of amides is 2. The van der Waals surface area contributed by atoms with Crippen molar-refractivity contribution in [2.75, 3.05) is 37.6 Å². The van der Waals surface area contributed by atoms with Crippen molar-refractivity contribution in [2.24, 2.45) is 5.92 Å². The molecule has 0 spiro atoms. The molecule has 39 heavy (non-hydrogen) atoms. The topological polar surface area (TPSA) is 107 Å². The molecule has 0 saturated carbocycles. The summed E-state index contributed by atoms with van der Waals surface area (Å²) in [6.07, 6.45) is 3.70. The van der Waals surface area contributed by atoms with Gasteiger partial charge < -0.3 is 15.1 Å². The molecule has 2 amide bonds. The quantitative estimate of drug-likeness (QED) is 0.513. The minimum atomic E-state index is -3.82. The maximum absolute atomic E-state index is 13.2. The SMILES string of the molecule is CC(CCNC(=O)c1ccc(N2CCCC2)cc1)CC(=O)N1CCC2C1C(=O)CN2S(=O)(=O)c1ccccc1. The van der Waals surface area contributed by atoms with Crippen LogP contribution in [0.5, 0.6) is 0 Å². The van der Waals surface area contributed by atoms with Crippen LogP contribution in [-0.2, 0) is 19.6 Å². The van der Waals surface area contributed by atoms with Crippen molar-refractivity contribution in [2.45, 2.75) is 56.0 Å². The number of hydrogen-bond donors (Lipinski definition) is 1. The fourth-order valence-corrected chi connectivity index (χ4v) is 7.60. The zero-order chi connectivity index (χ0) is 27.6.